The molecular formula is C8H15NO3S. The Hall–Kier alpha value is -0.570. The van der Waals surface area contributed by atoms with Crippen molar-refractivity contribution in [2.24, 2.45) is 0 Å². The lowest BCUT2D eigenvalue weighted by Crippen LogP contribution is -2.26. The third-order valence-corrected chi connectivity index (χ3v) is 2.50. The summed E-state index contributed by atoms with van der Waals surface area (Å²) in [6.07, 6.45) is 6.17. The first-order chi connectivity index (χ1) is 5.87. The molecule has 0 heterocycles. The highest BCUT2D eigenvalue weighted by atomic mass is 32.2. The van der Waals surface area contributed by atoms with Gasteiger partial charge in [-0.15, -0.1) is 6.42 Å². The maximum atomic E-state index is 10.4. The molecule has 0 aromatic rings. The molecule has 76 valence electrons. The van der Waals surface area contributed by atoms with E-state index in [1.807, 2.05) is 19.0 Å². The highest BCUT2D eigenvalue weighted by molar-refractivity contribution is 7.85. The average Bonchev–Trinajstić information content (AvgIpc) is 1.95. The van der Waals surface area contributed by atoms with Crippen molar-refractivity contribution in [3.63, 3.8) is 0 Å². The van der Waals surface area contributed by atoms with E-state index in [-0.39, 0.29) is 11.8 Å². The van der Waals surface area contributed by atoms with Gasteiger partial charge in [-0.1, -0.05) is 5.92 Å². The van der Waals surface area contributed by atoms with E-state index in [0.29, 0.717) is 12.8 Å². The van der Waals surface area contributed by atoms with Gasteiger partial charge in [0.25, 0.3) is 10.1 Å². The highest BCUT2D eigenvalue weighted by Gasteiger charge is 2.10. The monoisotopic (exact) mass is 205 g/mol. The Morgan fingerprint density at radius 3 is 2.38 bits per heavy atom. The zero-order chi connectivity index (χ0) is 10.5. The lowest BCUT2D eigenvalue weighted by atomic mass is 10.1. The van der Waals surface area contributed by atoms with Crippen LogP contribution in [0.15, 0.2) is 0 Å². The van der Waals surface area contributed by atoms with Gasteiger partial charge in [0.2, 0.25) is 0 Å². The van der Waals surface area contributed by atoms with E-state index in [1.165, 1.54) is 0 Å². The fourth-order valence-electron chi connectivity index (χ4n) is 0.950. The van der Waals surface area contributed by atoms with Gasteiger partial charge in [-0.25, -0.2) is 0 Å². The van der Waals surface area contributed by atoms with Crippen LogP contribution in [-0.4, -0.2) is 43.8 Å². The Morgan fingerprint density at radius 2 is 2.08 bits per heavy atom. The van der Waals surface area contributed by atoms with Crippen molar-refractivity contribution in [1.29, 1.82) is 0 Å². The van der Waals surface area contributed by atoms with Crippen LogP contribution >= 0.6 is 0 Å². The van der Waals surface area contributed by atoms with E-state index < -0.39 is 10.1 Å². The molecule has 5 heteroatoms. The lowest BCUT2D eigenvalue weighted by Gasteiger charge is -2.17. The largest absolute Gasteiger partial charge is 0.296 e. The van der Waals surface area contributed by atoms with Gasteiger partial charge in [0.1, 0.15) is 0 Å². The van der Waals surface area contributed by atoms with E-state index in [0.717, 1.165) is 0 Å². The van der Waals surface area contributed by atoms with Crippen molar-refractivity contribution in [1.82, 2.24) is 4.90 Å². The fourth-order valence-corrected chi connectivity index (χ4v) is 1.48. The van der Waals surface area contributed by atoms with Crippen LogP contribution in [-0.2, 0) is 10.1 Å². The second-order valence-electron chi connectivity index (χ2n) is 3.07. The minimum Gasteiger partial charge on any atom is -0.296 e. The maximum absolute atomic E-state index is 10.4. The van der Waals surface area contributed by atoms with Crippen molar-refractivity contribution >= 4 is 10.1 Å². The molecule has 0 saturated carbocycles. The molecule has 0 saturated heterocycles. The van der Waals surface area contributed by atoms with E-state index in [2.05, 4.69) is 5.92 Å². The van der Waals surface area contributed by atoms with E-state index >= 15 is 0 Å². The van der Waals surface area contributed by atoms with Crippen LogP contribution in [0.4, 0.5) is 0 Å². The van der Waals surface area contributed by atoms with Gasteiger partial charge in [-0.2, -0.15) is 8.42 Å². The van der Waals surface area contributed by atoms with Gasteiger partial charge in [-0.3, -0.25) is 9.45 Å². The Kier molecular flexibility index (Phi) is 4.99. The standard InChI is InChI=1S/C8H15NO3S/c1-4-8(9(2)3)6-5-7-13(10,11)12/h1,8H,5-7H2,2-3H3,(H,10,11,12). The molecule has 0 rings (SSSR count). The molecule has 1 N–H and O–H groups in total. The molecule has 0 aliphatic heterocycles. The zero-order valence-electron chi connectivity index (χ0n) is 7.90. The van der Waals surface area contributed by atoms with Gasteiger partial charge < -0.3 is 0 Å². The molecule has 0 aliphatic rings. The Morgan fingerprint density at radius 1 is 1.54 bits per heavy atom. The van der Waals surface area contributed by atoms with Gasteiger partial charge in [-0.05, 0) is 26.9 Å². The molecule has 0 radical (unpaired) electrons. The van der Waals surface area contributed by atoms with Crippen LogP contribution in [0.1, 0.15) is 12.8 Å². The number of rotatable bonds is 5. The second kappa shape index (κ2) is 5.22. The summed E-state index contributed by atoms with van der Waals surface area (Å²) in [7, 11) is -0.178. The lowest BCUT2D eigenvalue weighted by molar-refractivity contribution is 0.335. The Labute approximate surface area is 79.7 Å². The van der Waals surface area contributed by atoms with Crippen LogP contribution in [0.5, 0.6) is 0 Å². The maximum Gasteiger partial charge on any atom is 0.264 e. The molecule has 0 aromatic heterocycles. The number of nitrogens with zero attached hydrogens (tertiary/aromatic N) is 1. The summed E-state index contributed by atoms with van der Waals surface area (Å²) in [6, 6.07) is -0.0678. The van der Waals surface area contributed by atoms with Gasteiger partial charge in [0.05, 0.1) is 11.8 Å². The first-order valence-electron chi connectivity index (χ1n) is 3.94. The first kappa shape index (κ1) is 12.4. The summed E-state index contributed by atoms with van der Waals surface area (Å²) >= 11 is 0. The van der Waals surface area contributed by atoms with Crippen LogP contribution in [0.25, 0.3) is 0 Å². The topological polar surface area (TPSA) is 57.6 Å². The molecule has 0 spiro atoms. The molecular weight excluding hydrogens is 190 g/mol. The molecule has 0 bridgehead atoms. The fraction of sp³-hybridized carbons (Fsp3) is 0.750. The minimum absolute atomic E-state index is 0.0678. The summed E-state index contributed by atoms with van der Waals surface area (Å²) in [5.41, 5.74) is 0. The van der Waals surface area contributed by atoms with Gasteiger partial charge in [0, 0.05) is 0 Å². The number of hydrogen-bond acceptors (Lipinski definition) is 3. The number of terminal acetylenes is 1. The van der Waals surface area contributed by atoms with Crippen molar-refractivity contribution in [3.05, 3.63) is 0 Å². The van der Waals surface area contributed by atoms with E-state index in [9.17, 15) is 8.42 Å². The van der Waals surface area contributed by atoms with E-state index in [1.54, 1.807) is 0 Å². The predicted molar refractivity (Wildman–Crippen MR) is 52.0 cm³/mol. The molecule has 0 amide bonds. The minimum atomic E-state index is -3.84. The SMILES string of the molecule is C#CC(CCCS(=O)(=O)O)N(C)C. The molecule has 0 aromatic carbocycles. The summed E-state index contributed by atoms with van der Waals surface area (Å²) < 4.78 is 29.2. The summed E-state index contributed by atoms with van der Waals surface area (Å²) in [5, 5.41) is 0. The second-order valence-corrected chi connectivity index (χ2v) is 4.65. The molecule has 13 heavy (non-hydrogen) atoms. The van der Waals surface area contributed by atoms with E-state index in [4.69, 9.17) is 11.0 Å². The highest BCUT2D eigenvalue weighted by Crippen LogP contribution is 2.03. The van der Waals surface area contributed by atoms with Crippen molar-refractivity contribution in [2.45, 2.75) is 18.9 Å². The zero-order valence-corrected chi connectivity index (χ0v) is 8.71. The van der Waals surface area contributed by atoms with Crippen LogP contribution < -0.4 is 0 Å². The molecule has 0 aliphatic carbocycles. The summed E-state index contributed by atoms with van der Waals surface area (Å²) in [6.45, 7) is 0. The summed E-state index contributed by atoms with van der Waals surface area (Å²) in [5.74, 6) is 2.31. The van der Waals surface area contributed by atoms with Crippen LogP contribution in [0.2, 0.25) is 0 Å². The molecule has 1 unspecified atom stereocenters. The van der Waals surface area contributed by atoms with Gasteiger partial charge in [0.15, 0.2) is 0 Å². The Balaban J connectivity index is 3.83. The molecule has 0 fully saturated rings. The third-order valence-electron chi connectivity index (χ3n) is 1.70. The Bertz CT molecular complexity index is 276. The predicted octanol–water partition coefficient (Wildman–Crippen LogP) is 0.218. The summed E-state index contributed by atoms with van der Waals surface area (Å²) in [4.78, 5) is 1.84. The van der Waals surface area contributed by atoms with Gasteiger partial charge >= 0.3 is 0 Å². The van der Waals surface area contributed by atoms with Crippen molar-refractivity contribution < 1.29 is 13.0 Å². The van der Waals surface area contributed by atoms with Crippen LogP contribution in [0, 0.1) is 12.3 Å². The average molecular weight is 205 g/mol. The molecule has 1 atom stereocenters. The quantitative estimate of drug-likeness (QED) is 0.515. The van der Waals surface area contributed by atoms with Crippen molar-refractivity contribution in [2.75, 3.05) is 19.8 Å². The first-order valence-corrected chi connectivity index (χ1v) is 5.55. The molecule has 4 nitrogen and oxygen atoms in total. The van der Waals surface area contributed by atoms with Crippen LogP contribution in [0.3, 0.4) is 0 Å². The smallest absolute Gasteiger partial charge is 0.264 e. The van der Waals surface area contributed by atoms with Crippen molar-refractivity contribution in [3.8, 4) is 12.3 Å². The normalized spacial score (nSPS) is 14.1. The number of hydrogen-bond donors (Lipinski definition) is 1. The third kappa shape index (κ3) is 6.58.